The summed E-state index contributed by atoms with van der Waals surface area (Å²) in [6, 6.07) is 0.0843. The van der Waals surface area contributed by atoms with Crippen LogP contribution in [0.1, 0.15) is 58.8 Å². The smallest absolute Gasteiger partial charge is 0.407 e. The van der Waals surface area contributed by atoms with Crippen molar-refractivity contribution in [1.82, 2.24) is 16.0 Å². The Kier molecular flexibility index (Phi) is 12.1. The van der Waals surface area contributed by atoms with Crippen LogP contribution in [0.3, 0.4) is 0 Å². The molecule has 7 nitrogen and oxygen atoms in total. The maximum absolute atomic E-state index is 11.7. The molecule has 0 spiro atoms. The van der Waals surface area contributed by atoms with Gasteiger partial charge < -0.3 is 25.4 Å². The molecule has 28 heavy (non-hydrogen) atoms. The van der Waals surface area contributed by atoms with E-state index in [0.717, 1.165) is 45.0 Å². The number of aliphatic imine (C=N–C) groups is 1. The van der Waals surface area contributed by atoms with E-state index in [1.807, 2.05) is 13.8 Å². The van der Waals surface area contributed by atoms with E-state index in [9.17, 15) is 4.79 Å². The molecule has 0 saturated heterocycles. The average Bonchev–Trinajstić information content (AvgIpc) is 3.41. The number of guanidine groups is 1. The number of hydrogen-bond donors (Lipinski definition) is 3. The first kappa shape index (κ1) is 25.3. The van der Waals surface area contributed by atoms with Crippen LogP contribution >= 0.6 is 24.0 Å². The van der Waals surface area contributed by atoms with Crippen molar-refractivity contribution >= 4 is 36.0 Å². The van der Waals surface area contributed by atoms with Gasteiger partial charge in [0.2, 0.25) is 0 Å². The van der Waals surface area contributed by atoms with Crippen LogP contribution in [-0.4, -0.2) is 58.1 Å². The SMILES string of the molecule is CCOCCC1(CNC(=NC)NCC(NC(=O)OCC)C2CC2)CCCC1.I. The second-order valence-corrected chi connectivity index (χ2v) is 7.77. The number of nitrogens with one attached hydrogen (secondary N) is 3. The molecule has 0 heterocycles. The number of alkyl carbamates (subject to hydrolysis) is 1. The quantitative estimate of drug-likeness (QED) is 0.172. The molecule has 164 valence electrons. The van der Waals surface area contributed by atoms with Crippen molar-refractivity contribution in [2.24, 2.45) is 16.3 Å². The number of carbonyl (C=O) groups excluding carboxylic acids is 1. The standard InChI is InChI=1S/C20H38N4O3.HI/c1-4-26-13-12-20(10-6-7-11-20)15-23-18(21-3)22-14-17(16-8-9-16)24-19(25)27-5-2;/h16-17H,4-15H2,1-3H3,(H,24,25)(H2,21,22,23);1H. The van der Waals surface area contributed by atoms with Gasteiger partial charge in [0.25, 0.3) is 0 Å². The van der Waals surface area contributed by atoms with Crippen molar-refractivity contribution in [2.75, 3.05) is 40.0 Å². The average molecular weight is 510 g/mol. The van der Waals surface area contributed by atoms with Crippen molar-refractivity contribution in [3.8, 4) is 0 Å². The van der Waals surface area contributed by atoms with E-state index in [2.05, 4.69) is 20.9 Å². The van der Waals surface area contributed by atoms with E-state index >= 15 is 0 Å². The lowest BCUT2D eigenvalue weighted by molar-refractivity contribution is 0.105. The van der Waals surface area contributed by atoms with Crippen molar-refractivity contribution in [3.63, 3.8) is 0 Å². The van der Waals surface area contributed by atoms with E-state index in [-0.39, 0.29) is 36.1 Å². The summed E-state index contributed by atoms with van der Waals surface area (Å²) in [4.78, 5) is 16.1. The van der Waals surface area contributed by atoms with Crippen LogP contribution in [0.25, 0.3) is 0 Å². The van der Waals surface area contributed by atoms with Gasteiger partial charge in [-0.1, -0.05) is 12.8 Å². The molecule has 3 N–H and O–H groups in total. The molecule has 2 rings (SSSR count). The molecule has 0 aromatic rings. The molecule has 8 heteroatoms. The normalized spacial score (nSPS) is 19.5. The highest BCUT2D eigenvalue weighted by atomic mass is 127. The maximum Gasteiger partial charge on any atom is 0.407 e. The highest BCUT2D eigenvalue weighted by molar-refractivity contribution is 14.0. The molecular formula is C20H39IN4O3. The van der Waals surface area contributed by atoms with Crippen LogP contribution in [0.15, 0.2) is 4.99 Å². The van der Waals surface area contributed by atoms with Gasteiger partial charge in [0, 0.05) is 33.4 Å². The summed E-state index contributed by atoms with van der Waals surface area (Å²) < 4.78 is 10.6. The maximum atomic E-state index is 11.7. The summed E-state index contributed by atoms with van der Waals surface area (Å²) in [5.41, 5.74) is 0.311. The molecule has 0 aliphatic heterocycles. The van der Waals surface area contributed by atoms with Crippen molar-refractivity contribution in [3.05, 3.63) is 0 Å². The van der Waals surface area contributed by atoms with Gasteiger partial charge in [-0.05, 0) is 57.3 Å². The van der Waals surface area contributed by atoms with Crippen LogP contribution < -0.4 is 16.0 Å². The Morgan fingerprint density at radius 3 is 2.46 bits per heavy atom. The van der Waals surface area contributed by atoms with Crippen LogP contribution in [0.2, 0.25) is 0 Å². The molecule has 2 saturated carbocycles. The molecule has 0 aromatic heterocycles. The summed E-state index contributed by atoms with van der Waals surface area (Å²) in [6.45, 7) is 7.45. The number of ether oxygens (including phenoxy) is 2. The summed E-state index contributed by atoms with van der Waals surface area (Å²) in [6.07, 6.45) is 8.18. The van der Waals surface area contributed by atoms with E-state index in [1.54, 1.807) is 7.05 Å². The molecule has 1 atom stereocenters. The lowest BCUT2D eigenvalue weighted by Crippen LogP contribution is -2.49. The molecular weight excluding hydrogens is 471 g/mol. The van der Waals surface area contributed by atoms with Gasteiger partial charge in [-0.3, -0.25) is 4.99 Å². The fraction of sp³-hybridized carbons (Fsp3) is 0.900. The van der Waals surface area contributed by atoms with Crippen LogP contribution in [0, 0.1) is 11.3 Å². The summed E-state index contributed by atoms with van der Waals surface area (Å²) >= 11 is 0. The molecule has 2 aliphatic carbocycles. The summed E-state index contributed by atoms with van der Waals surface area (Å²) in [7, 11) is 1.79. The zero-order valence-corrected chi connectivity index (χ0v) is 20.1. The first-order valence-electron chi connectivity index (χ1n) is 10.6. The van der Waals surface area contributed by atoms with Gasteiger partial charge in [0.15, 0.2) is 5.96 Å². The Hall–Kier alpha value is -0.770. The molecule has 2 fully saturated rings. The third-order valence-electron chi connectivity index (χ3n) is 5.76. The fourth-order valence-electron chi connectivity index (χ4n) is 3.93. The van der Waals surface area contributed by atoms with Crippen LogP contribution in [0.5, 0.6) is 0 Å². The number of hydrogen-bond acceptors (Lipinski definition) is 4. The molecule has 0 aromatic carbocycles. The van der Waals surface area contributed by atoms with Gasteiger partial charge >= 0.3 is 6.09 Å². The Morgan fingerprint density at radius 1 is 1.18 bits per heavy atom. The van der Waals surface area contributed by atoms with Gasteiger partial charge in [-0.15, -0.1) is 24.0 Å². The molecule has 1 amide bonds. The van der Waals surface area contributed by atoms with Crippen molar-refractivity contribution in [2.45, 2.75) is 64.8 Å². The second-order valence-electron chi connectivity index (χ2n) is 7.77. The van der Waals surface area contributed by atoms with Gasteiger partial charge in [-0.25, -0.2) is 4.79 Å². The van der Waals surface area contributed by atoms with E-state index in [4.69, 9.17) is 9.47 Å². The van der Waals surface area contributed by atoms with E-state index in [0.29, 0.717) is 24.5 Å². The number of halogens is 1. The number of carbonyl (C=O) groups is 1. The lowest BCUT2D eigenvalue weighted by Gasteiger charge is -2.30. The third kappa shape index (κ3) is 8.71. The minimum absolute atomic E-state index is 0. The largest absolute Gasteiger partial charge is 0.450 e. The first-order chi connectivity index (χ1) is 13.1. The van der Waals surface area contributed by atoms with E-state index < -0.39 is 0 Å². The van der Waals surface area contributed by atoms with Gasteiger partial charge in [0.05, 0.1) is 12.6 Å². The van der Waals surface area contributed by atoms with Crippen molar-refractivity contribution < 1.29 is 14.3 Å². The number of nitrogens with zero attached hydrogens (tertiary/aromatic N) is 1. The minimum atomic E-state index is -0.333. The molecule has 2 aliphatic rings. The predicted molar refractivity (Wildman–Crippen MR) is 123 cm³/mol. The Morgan fingerprint density at radius 2 is 1.89 bits per heavy atom. The highest BCUT2D eigenvalue weighted by Gasteiger charge is 2.34. The molecule has 0 radical (unpaired) electrons. The van der Waals surface area contributed by atoms with Crippen LogP contribution in [-0.2, 0) is 9.47 Å². The third-order valence-corrected chi connectivity index (χ3v) is 5.76. The molecule has 1 unspecified atom stereocenters. The highest BCUT2D eigenvalue weighted by Crippen LogP contribution is 2.40. The second kappa shape index (κ2) is 13.5. The minimum Gasteiger partial charge on any atom is -0.450 e. The monoisotopic (exact) mass is 510 g/mol. The first-order valence-corrected chi connectivity index (χ1v) is 10.6. The Bertz CT molecular complexity index is 480. The summed E-state index contributed by atoms with van der Waals surface area (Å²) in [5.74, 6) is 1.33. The Balaban J connectivity index is 0.00000392. The Labute approximate surface area is 187 Å². The zero-order valence-electron chi connectivity index (χ0n) is 17.7. The predicted octanol–water partition coefficient (Wildman–Crippen LogP) is 3.28. The van der Waals surface area contributed by atoms with Gasteiger partial charge in [-0.2, -0.15) is 0 Å². The molecule has 0 bridgehead atoms. The number of rotatable bonds is 11. The topological polar surface area (TPSA) is 84.0 Å². The fourth-order valence-corrected chi connectivity index (χ4v) is 3.93. The van der Waals surface area contributed by atoms with Gasteiger partial charge in [0.1, 0.15) is 0 Å². The van der Waals surface area contributed by atoms with E-state index in [1.165, 1.54) is 25.7 Å². The zero-order chi connectivity index (χ0) is 19.5. The lowest BCUT2D eigenvalue weighted by atomic mass is 9.83. The summed E-state index contributed by atoms with van der Waals surface area (Å²) in [5, 5.41) is 9.87. The van der Waals surface area contributed by atoms with Crippen LogP contribution in [0.4, 0.5) is 4.79 Å². The number of amides is 1. The van der Waals surface area contributed by atoms with Crippen molar-refractivity contribution in [1.29, 1.82) is 0 Å².